The Balaban J connectivity index is 1.99. The molecular formula is C26H32FN3O5. The maximum absolute atomic E-state index is 13.4. The van der Waals surface area contributed by atoms with E-state index in [0.717, 1.165) is 0 Å². The van der Waals surface area contributed by atoms with E-state index >= 15 is 0 Å². The molecule has 3 atom stereocenters. The summed E-state index contributed by atoms with van der Waals surface area (Å²) < 4.78 is 25.2. The van der Waals surface area contributed by atoms with Crippen LogP contribution in [0.5, 0.6) is 5.75 Å². The van der Waals surface area contributed by atoms with Crippen molar-refractivity contribution >= 4 is 23.4 Å². The molecule has 1 aliphatic heterocycles. The lowest BCUT2D eigenvalue weighted by molar-refractivity contribution is -0.114. The lowest BCUT2D eigenvalue weighted by Crippen LogP contribution is -2.48. The molecule has 0 fully saturated rings. The predicted octanol–water partition coefficient (Wildman–Crippen LogP) is 3.43. The molecule has 1 N–H and O–H groups in total. The van der Waals surface area contributed by atoms with Gasteiger partial charge < -0.3 is 24.6 Å². The van der Waals surface area contributed by atoms with Gasteiger partial charge in [0, 0.05) is 51.3 Å². The minimum atomic E-state index is -0.414. The summed E-state index contributed by atoms with van der Waals surface area (Å²) in [5.74, 6) is -0.954. The van der Waals surface area contributed by atoms with E-state index in [9.17, 15) is 18.8 Å². The number of fused-ring (bicyclic) bond motifs is 1. The van der Waals surface area contributed by atoms with E-state index in [1.807, 2.05) is 13.8 Å². The van der Waals surface area contributed by atoms with E-state index in [1.165, 1.54) is 31.2 Å². The maximum atomic E-state index is 13.4. The number of anilines is 1. The number of likely N-dealkylation sites (N-methyl/N-ethyl adjacent to an activating group) is 1. The molecule has 2 aromatic carbocycles. The first kappa shape index (κ1) is 26.2. The highest BCUT2D eigenvalue weighted by atomic mass is 19.1. The third-order valence-corrected chi connectivity index (χ3v) is 6.12. The van der Waals surface area contributed by atoms with E-state index in [1.54, 1.807) is 42.2 Å². The standard InChI is InChI=1S/C26H32FN3O5/c1-16-13-30(25(32)19-6-8-20(27)9-7-19)17(2)15-35-23-11-10-21(28-18(3)31)12-22(23)26(33)29(4)14-24(16)34-5/h6-12,16-17,24H,13-15H2,1-5H3,(H,28,31)/t16-,17-,24+/m0/s1. The highest BCUT2D eigenvalue weighted by Crippen LogP contribution is 2.27. The first-order chi connectivity index (χ1) is 16.6. The molecule has 0 radical (unpaired) electrons. The summed E-state index contributed by atoms with van der Waals surface area (Å²) >= 11 is 0. The molecule has 188 valence electrons. The average molecular weight is 486 g/mol. The van der Waals surface area contributed by atoms with Crippen molar-refractivity contribution in [3.8, 4) is 5.75 Å². The molecule has 0 aliphatic carbocycles. The number of benzene rings is 2. The summed E-state index contributed by atoms with van der Waals surface area (Å²) in [6, 6.07) is 9.96. The van der Waals surface area contributed by atoms with E-state index in [-0.39, 0.29) is 48.9 Å². The van der Waals surface area contributed by atoms with Crippen LogP contribution < -0.4 is 10.1 Å². The van der Waals surface area contributed by atoms with E-state index < -0.39 is 5.82 Å². The molecule has 9 heteroatoms. The van der Waals surface area contributed by atoms with Gasteiger partial charge in [0.15, 0.2) is 0 Å². The van der Waals surface area contributed by atoms with Crippen LogP contribution in [0.3, 0.4) is 0 Å². The van der Waals surface area contributed by atoms with Gasteiger partial charge in [0.1, 0.15) is 18.2 Å². The van der Waals surface area contributed by atoms with Crippen LogP contribution in [0.25, 0.3) is 0 Å². The molecule has 3 rings (SSSR count). The van der Waals surface area contributed by atoms with Crippen LogP contribution in [0.2, 0.25) is 0 Å². The molecule has 8 nitrogen and oxygen atoms in total. The van der Waals surface area contributed by atoms with Gasteiger partial charge in [-0.25, -0.2) is 4.39 Å². The Bertz CT molecular complexity index is 1080. The Morgan fingerprint density at radius 3 is 2.43 bits per heavy atom. The second-order valence-electron chi connectivity index (χ2n) is 8.95. The first-order valence-electron chi connectivity index (χ1n) is 11.5. The normalized spacial score (nSPS) is 21.3. The zero-order valence-corrected chi connectivity index (χ0v) is 20.7. The second-order valence-corrected chi connectivity index (χ2v) is 8.95. The number of amides is 3. The van der Waals surface area contributed by atoms with Crippen molar-refractivity contribution in [2.24, 2.45) is 5.92 Å². The number of nitrogens with zero attached hydrogens (tertiary/aromatic N) is 2. The van der Waals surface area contributed by atoms with Crippen molar-refractivity contribution in [2.45, 2.75) is 32.9 Å². The van der Waals surface area contributed by atoms with Crippen molar-refractivity contribution in [3.05, 3.63) is 59.4 Å². The zero-order chi connectivity index (χ0) is 25.7. The Morgan fingerprint density at radius 2 is 1.80 bits per heavy atom. The van der Waals surface area contributed by atoms with Crippen LogP contribution in [-0.4, -0.2) is 73.5 Å². The van der Waals surface area contributed by atoms with E-state index in [4.69, 9.17) is 9.47 Å². The molecule has 1 heterocycles. The van der Waals surface area contributed by atoms with Crippen LogP contribution >= 0.6 is 0 Å². The topological polar surface area (TPSA) is 88.2 Å². The SMILES string of the molecule is CO[C@@H]1CN(C)C(=O)c2cc(NC(C)=O)ccc2OC[C@H](C)N(C(=O)c2ccc(F)cc2)C[C@@H]1C. The third kappa shape index (κ3) is 6.36. The number of halogens is 1. The number of hydrogen-bond acceptors (Lipinski definition) is 5. The van der Waals surface area contributed by atoms with Crippen molar-refractivity contribution < 1.29 is 28.2 Å². The maximum Gasteiger partial charge on any atom is 0.257 e. The number of nitrogens with one attached hydrogen (secondary N) is 1. The number of methoxy groups -OCH3 is 1. The molecule has 0 aromatic heterocycles. The molecule has 0 spiro atoms. The van der Waals surface area contributed by atoms with Crippen molar-refractivity contribution in [2.75, 3.05) is 39.2 Å². The third-order valence-electron chi connectivity index (χ3n) is 6.12. The van der Waals surface area contributed by atoms with Gasteiger partial charge in [-0.1, -0.05) is 6.92 Å². The molecule has 0 bridgehead atoms. The lowest BCUT2D eigenvalue weighted by Gasteiger charge is -2.36. The number of carbonyl (C=O) groups is 3. The predicted molar refractivity (Wildman–Crippen MR) is 130 cm³/mol. The molecule has 0 unspecified atom stereocenters. The average Bonchev–Trinajstić information content (AvgIpc) is 2.83. The van der Waals surface area contributed by atoms with Crippen LogP contribution in [0.15, 0.2) is 42.5 Å². The van der Waals surface area contributed by atoms with Crippen LogP contribution in [0.1, 0.15) is 41.5 Å². The van der Waals surface area contributed by atoms with Crippen LogP contribution in [0, 0.1) is 11.7 Å². The van der Waals surface area contributed by atoms with Gasteiger partial charge in [0.2, 0.25) is 5.91 Å². The smallest absolute Gasteiger partial charge is 0.257 e. The zero-order valence-electron chi connectivity index (χ0n) is 20.7. The van der Waals surface area contributed by atoms with E-state index in [2.05, 4.69) is 5.32 Å². The van der Waals surface area contributed by atoms with Gasteiger partial charge in [-0.15, -0.1) is 0 Å². The van der Waals surface area contributed by atoms with Crippen molar-refractivity contribution in [3.63, 3.8) is 0 Å². The molecular weight excluding hydrogens is 453 g/mol. The number of rotatable bonds is 3. The minimum Gasteiger partial charge on any atom is -0.491 e. The molecule has 1 aliphatic rings. The summed E-state index contributed by atoms with van der Waals surface area (Å²) in [5.41, 5.74) is 1.15. The Morgan fingerprint density at radius 1 is 1.11 bits per heavy atom. The Hall–Kier alpha value is -3.46. The van der Waals surface area contributed by atoms with Gasteiger partial charge in [0.05, 0.1) is 17.7 Å². The largest absolute Gasteiger partial charge is 0.491 e. The Kier molecular flexibility index (Phi) is 8.45. The highest BCUT2D eigenvalue weighted by molar-refractivity contribution is 5.99. The fourth-order valence-corrected chi connectivity index (χ4v) is 4.10. The number of ether oxygens (including phenoxy) is 2. The molecule has 35 heavy (non-hydrogen) atoms. The highest BCUT2D eigenvalue weighted by Gasteiger charge is 2.31. The molecule has 3 amide bonds. The number of carbonyl (C=O) groups excluding carboxylic acids is 3. The lowest BCUT2D eigenvalue weighted by atomic mass is 10.0. The molecule has 0 saturated heterocycles. The van der Waals surface area contributed by atoms with Crippen molar-refractivity contribution in [1.82, 2.24) is 9.80 Å². The summed E-state index contributed by atoms with van der Waals surface area (Å²) in [7, 11) is 3.25. The van der Waals surface area contributed by atoms with Gasteiger partial charge in [0.25, 0.3) is 11.8 Å². The first-order valence-corrected chi connectivity index (χ1v) is 11.5. The van der Waals surface area contributed by atoms with Crippen LogP contribution in [0.4, 0.5) is 10.1 Å². The summed E-state index contributed by atoms with van der Waals surface area (Å²) in [6.45, 7) is 5.98. The van der Waals surface area contributed by atoms with Gasteiger partial charge in [-0.3, -0.25) is 14.4 Å². The van der Waals surface area contributed by atoms with Crippen LogP contribution in [-0.2, 0) is 9.53 Å². The fourth-order valence-electron chi connectivity index (χ4n) is 4.10. The van der Waals surface area contributed by atoms with Gasteiger partial charge in [-0.05, 0) is 49.4 Å². The molecule has 0 saturated carbocycles. The molecule has 2 aromatic rings. The Labute approximate surface area is 205 Å². The minimum absolute atomic E-state index is 0.119. The van der Waals surface area contributed by atoms with Crippen molar-refractivity contribution in [1.29, 1.82) is 0 Å². The number of hydrogen-bond donors (Lipinski definition) is 1. The summed E-state index contributed by atoms with van der Waals surface area (Å²) in [6.07, 6.45) is -0.345. The summed E-state index contributed by atoms with van der Waals surface area (Å²) in [5, 5.41) is 2.69. The van der Waals surface area contributed by atoms with Gasteiger partial charge in [-0.2, -0.15) is 0 Å². The van der Waals surface area contributed by atoms with Gasteiger partial charge >= 0.3 is 0 Å². The van der Waals surface area contributed by atoms with E-state index in [0.29, 0.717) is 29.1 Å². The monoisotopic (exact) mass is 485 g/mol. The fraction of sp³-hybridized carbons (Fsp3) is 0.423. The second kappa shape index (κ2) is 11.3. The quantitative estimate of drug-likeness (QED) is 0.720. The summed E-state index contributed by atoms with van der Waals surface area (Å²) in [4.78, 5) is 41.5.